The standard InChI is InChI=1S/C10H11BrFNO2/c1-2-5-15-10(14)8-6(11)3-4-7(12)9(8)13/h3-4H,2,5,13H2,1H3. The van der Waals surface area contributed by atoms with Gasteiger partial charge in [-0.25, -0.2) is 9.18 Å². The van der Waals surface area contributed by atoms with Crippen LogP contribution < -0.4 is 5.73 Å². The molecule has 0 amide bonds. The molecular formula is C10H11BrFNO2. The van der Waals surface area contributed by atoms with E-state index in [2.05, 4.69) is 15.9 Å². The highest BCUT2D eigenvalue weighted by molar-refractivity contribution is 9.10. The largest absolute Gasteiger partial charge is 0.462 e. The Balaban J connectivity index is 3.02. The van der Waals surface area contributed by atoms with Gasteiger partial charge in [-0.05, 0) is 34.5 Å². The zero-order valence-electron chi connectivity index (χ0n) is 8.22. The molecule has 3 nitrogen and oxygen atoms in total. The number of benzene rings is 1. The number of rotatable bonds is 3. The van der Waals surface area contributed by atoms with Crippen LogP contribution in [0.4, 0.5) is 10.1 Å². The molecule has 0 radical (unpaired) electrons. The lowest BCUT2D eigenvalue weighted by Gasteiger charge is -2.08. The molecule has 0 aromatic heterocycles. The first kappa shape index (κ1) is 12.0. The summed E-state index contributed by atoms with van der Waals surface area (Å²) in [5.74, 6) is -1.23. The fourth-order valence-electron chi connectivity index (χ4n) is 1.04. The van der Waals surface area contributed by atoms with Crippen LogP contribution in [-0.2, 0) is 4.74 Å². The van der Waals surface area contributed by atoms with Crippen molar-refractivity contribution in [2.75, 3.05) is 12.3 Å². The van der Waals surface area contributed by atoms with Gasteiger partial charge in [0.05, 0.1) is 17.9 Å². The molecule has 15 heavy (non-hydrogen) atoms. The van der Waals surface area contributed by atoms with Gasteiger partial charge in [0.25, 0.3) is 0 Å². The van der Waals surface area contributed by atoms with Crippen molar-refractivity contribution in [1.82, 2.24) is 0 Å². The van der Waals surface area contributed by atoms with Gasteiger partial charge in [0, 0.05) is 4.47 Å². The topological polar surface area (TPSA) is 52.3 Å². The highest BCUT2D eigenvalue weighted by Gasteiger charge is 2.17. The molecule has 0 fully saturated rings. The first-order valence-corrected chi connectivity index (χ1v) is 5.27. The van der Waals surface area contributed by atoms with E-state index < -0.39 is 11.8 Å². The van der Waals surface area contributed by atoms with Crippen molar-refractivity contribution in [3.63, 3.8) is 0 Å². The summed E-state index contributed by atoms with van der Waals surface area (Å²) in [7, 11) is 0. The number of esters is 1. The monoisotopic (exact) mass is 275 g/mol. The smallest absolute Gasteiger partial charge is 0.341 e. The summed E-state index contributed by atoms with van der Waals surface area (Å²) in [6, 6.07) is 2.62. The number of anilines is 1. The van der Waals surface area contributed by atoms with Crippen LogP contribution in [0.25, 0.3) is 0 Å². The third-order valence-electron chi connectivity index (χ3n) is 1.78. The van der Waals surface area contributed by atoms with Gasteiger partial charge in [-0.15, -0.1) is 0 Å². The van der Waals surface area contributed by atoms with Gasteiger partial charge >= 0.3 is 5.97 Å². The highest BCUT2D eigenvalue weighted by atomic mass is 79.9. The summed E-state index contributed by atoms with van der Waals surface area (Å²) < 4.78 is 18.4. The fourth-order valence-corrected chi connectivity index (χ4v) is 1.55. The average Bonchev–Trinajstić information content (AvgIpc) is 2.21. The van der Waals surface area contributed by atoms with Crippen LogP contribution in [0, 0.1) is 5.82 Å². The second-order valence-electron chi connectivity index (χ2n) is 2.95. The number of nitrogens with two attached hydrogens (primary N) is 1. The molecule has 0 saturated carbocycles. The summed E-state index contributed by atoms with van der Waals surface area (Å²) >= 11 is 3.13. The van der Waals surface area contributed by atoms with E-state index in [0.717, 1.165) is 0 Å². The van der Waals surface area contributed by atoms with Crippen LogP contribution in [0.2, 0.25) is 0 Å². The first-order valence-electron chi connectivity index (χ1n) is 4.48. The van der Waals surface area contributed by atoms with E-state index in [0.29, 0.717) is 17.5 Å². The van der Waals surface area contributed by atoms with Crippen molar-refractivity contribution in [1.29, 1.82) is 0 Å². The van der Waals surface area contributed by atoms with E-state index in [1.807, 2.05) is 6.92 Å². The predicted molar refractivity (Wildman–Crippen MR) is 59.1 cm³/mol. The Morgan fingerprint density at radius 1 is 1.60 bits per heavy atom. The maximum atomic E-state index is 13.1. The molecule has 0 unspecified atom stereocenters. The maximum Gasteiger partial charge on any atom is 0.341 e. The summed E-state index contributed by atoms with van der Waals surface area (Å²) in [6.45, 7) is 2.17. The molecule has 0 aliphatic rings. The maximum absolute atomic E-state index is 13.1. The highest BCUT2D eigenvalue weighted by Crippen LogP contribution is 2.26. The molecule has 0 aliphatic carbocycles. The molecule has 0 aliphatic heterocycles. The average molecular weight is 276 g/mol. The van der Waals surface area contributed by atoms with Crippen LogP contribution in [-0.4, -0.2) is 12.6 Å². The van der Waals surface area contributed by atoms with Crippen LogP contribution in [0.15, 0.2) is 16.6 Å². The Morgan fingerprint density at radius 3 is 2.87 bits per heavy atom. The molecule has 0 spiro atoms. The van der Waals surface area contributed by atoms with Crippen LogP contribution in [0.5, 0.6) is 0 Å². The number of carbonyl (C=O) groups excluding carboxylic acids is 1. The van der Waals surface area contributed by atoms with E-state index in [9.17, 15) is 9.18 Å². The third-order valence-corrected chi connectivity index (χ3v) is 2.44. The zero-order valence-corrected chi connectivity index (χ0v) is 9.80. The Hall–Kier alpha value is -1.10. The normalized spacial score (nSPS) is 10.1. The van der Waals surface area contributed by atoms with Crippen molar-refractivity contribution in [3.05, 3.63) is 28.0 Å². The van der Waals surface area contributed by atoms with Crippen molar-refractivity contribution < 1.29 is 13.9 Å². The number of halogens is 2. The lowest BCUT2D eigenvalue weighted by Crippen LogP contribution is -2.11. The van der Waals surface area contributed by atoms with Crippen LogP contribution >= 0.6 is 15.9 Å². The van der Waals surface area contributed by atoms with E-state index in [-0.39, 0.29) is 11.3 Å². The van der Waals surface area contributed by atoms with E-state index in [4.69, 9.17) is 10.5 Å². The van der Waals surface area contributed by atoms with Crippen molar-refractivity contribution in [3.8, 4) is 0 Å². The van der Waals surface area contributed by atoms with Gasteiger partial charge < -0.3 is 10.5 Å². The van der Waals surface area contributed by atoms with E-state index in [1.54, 1.807) is 0 Å². The van der Waals surface area contributed by atoms with E-state index >= 15 is 0 Å². The van der Waals surface area contributed by atoms with Crippen molar-refractivity contribution in [2.45, 2.75) is 13.3 Å². The number of carbonyl (C=O) groups is 1. The fraction of sp³-hybridized carbons (Fsp3) is 0.300. The Morgan fingerprint density at radius 2 is 2.27 bits per heavy atom. The molecule has 82 valence electrons. The number of ether oxygens (including phenoxy) is 1. The lowest BCUT2D eigenvalue weighted by molar-refractivity contribution is 0.0505. The van der Waals surface area contributed by atoms with Crippen molar-refractivity contribution >= 4 is 27.6 Å². The summed E-state index contributed by atoms with van der Waals surface area (Å²) in [4.78, 5) is 11.5. The molecule has 0 bridgehead atoms. The quantitative estimate of drug-likeness (QED) is 0.682. The molecule has 1 rings (SSSR count). The Bertz CT molecular complexity index is 382. The Labute approximate surface area is 95.5 Å². The summed E-state index contributed by atoms with van der Waals surface area (Å²) in [6.07, 6.45) is 0.707. The molecule has 5 heteroatoms. The molecule has 0 heterocycles. The molecule has 1 aromatic rings. The van der Waals surface area contributed by atoms with E-state index in [1.165, 1.54) is 12.1 Å². The summed E-state index contributed by atoms with van der Waals surface area (Å²) in [5, 5.41) is 0. The molecule has 0 atom stereocenters. The second-order valence-corrected chi connectivity index (χ2v) is 3.81. The predicted octanol–water partition coefficient (Wildman–Crippen LogP) is 2.74. The lowest BCUT2D eigenvalue weighted by atomic mass is 10.2. The van der Waals surface area contributed by atoms with Gasteiger partial charge in [0.2, 0.25) is 0 Å². The number of nitrogen functional groups attached to an aromatic ring is 1. The molecule has 2 N–H and O–H groups in total. The first-order chi connectivity index (χ1) is 7.07. The molecular weight excluding hydrogens is 265 g/mol. The molecule has 1 aromatic carbocycles. The van der Waals surface area contributed by atoms with Gasteiger partial charge in [-0.2, -0.15) is 0 Å². The van der Waals surface area contributed by atoms with Gasteiger partial charge in [-0.3, -0.25) is 0 Å². The second kappa shape index (κ2) is 5.11. The van der Waals surface area contributed by atoms with Gasteiger partial charge in [-0.1, -0.05) is 6.92 Å². The van der Waals surface area contributed by atoms with Gasteiger partial charge in [0.15, 0.2) is 0 Å². The third kappa shape index (κ3) is 2.68. The zero-order chi connectivity index (χ0) is 11.4. The van der Waals surface area contributed by atoms with Crippen LogP contribution in [0.1, 0.15) is 23.7 Å². The minimum Gasteiger partial charge on any atom is -0.462 e. The SMILES string of the molecule is CCCOC(=O)c1c(Br)ccc(F)c1N. The van der Waals surface area contributed by atoms with Crippen molar-refractivity contribution in [2.24, 2.45) is 0 Å². The number of hydrogen-bond donors (Lipinski definition) is 1. The minimum atomic E-state index is -0.623. The number of hydrogen-bond acceptors (Lipinski definition) is 3. The Kier molecular flexibility index (Phi) is 4.08. The molecule has 0 saturated heterocycles. The minimum absolute atomic E-state index is 0.0449. The van der Waals surface area contributed by atoms with Crippen LogP contribution in [0.3, 0.4) is 0 Å². The summed E-state index contributed by atoms with van der Waals surface area (Å²) in [5.41, 5.74) is 5.31. The van der Waals surface area contributed by atoms with Gasteiger partial charge in [0.1, 0.15) is 5.82 Å².